The molecule has 0 fully saturated rings. The summed E-state index contributed by atoms with van der Waals surface area (Å²) in [5, 5.41) is 1.59. The van der Waals surface area contributed by atoms with E-state index in [2.05, 4.69) is 10.9 Å². The Morgan fingerprint density at radius 3 is 2.89 bits per heavy atom. The first-order valence-electron chi connectivity index (χ1n) is 5.60. The molecule has 3 aromatic rings. The van der Waals surface area contributed by atoms with Gasteiger partial charge in [-0.2, -0.15) is 0 Å². The van der Waals surface area contributed by atoms with Crippen LogP contribution in [-0.4, -0.2) is 4.98 Å². The third-order valence-electron chi connectivity index (χ3n) is 2.90. The molecular formula is C15H9ClN2S. The maximum Gasteiger partial charge on any atom is 0.127 e. The number of fused-ring (bicyclic) bond motifs is 1. The Labute approximate surface area is 119 Å². The van der Waals surface area contributed by atoms with Gasteiger partial charge in [-0.1, -0.05) is 29.7 Å². The van der Waals surface area contributed by atoms with Crippen LogP contribution in [0.25, 0.3) is 21.3 Å². The van der Waals surface area contributed by atoms with Crippen LogP contribution < -0.4 is 5.73 Å². The van der Waals surface area contributed by atoms with Gasteiger partial charge in [0.15, 0.2) is 0 Å². The lowest BCUT2D eigenvalue weighted by molar-refractivity contribution is 1.44. The summed E-state index contributed by atoms with van der Waals surface area (Å²) in [5.74, 6) is 2.60. The molecule has 0 spiro atoms. The van der Waals surface area contributed by atoms with E-state index in [0.29, 0.717) is 10.7 Å². The van der Waals surface area contributed by atoms with Crippen LogP contribution in [0.5, 0.6) is 0 Å². The van der Waals surface area contributed by atoms with Crippen molar-refractivity contribution in [1.82, 2.24) is 4.98 Å². The Bertz CT molecular complexity index is 815. The van der Waals surface area contributed by atoms with E-state index in [0.717, 1.165) is 26.2 Å². The molecule has 2 heterocycles. The molecule has 0 atom stereocenters. The van der Waals surface area contributed by atoms with Crippen molar-refractivity contribution < 1.29 is 0 Å². The summed E-state index contributed by atoms with van der Waals surface area (Å²) in [7, 11) is 0. The lowest BCUT2D eigenvalue weighted by atomic mass is 10.0. The van der Waals surface area contributed by atoms with E-state index in [1.165, 1.54) is 11.3 Å². The number of benzene rings is 1. The van der Waals surface area contributed by atoms with Crippen molar-refractivity contribution in [3.05, 3.63) is 46.4 Å². The molecule has 0 aliphatic rings. The molecule has 2 aromatic heterocycles. The standard InChI is InChI=1S/C15H9ClN2S/c1-2-12-14(17)13-11(6-7-18-15(13)19-12)9-4-3-5-10(16)8-9/h1,3-8H,17H2. The van der Waals surface area contributed by atoms with Gasteiger partial charge < -0.3 is 5.73 Å². The van der Waals surface area contributed by atoms with E-state index >= 15 is 0 Å². The lowest BCUT2D eigenvalue weighted by Gasteiger charge is -2.04. The van der Waals surface area contributed by atoms with Crippen LogP contribution in [-0.2, 0) is 0 Å². The van der Waals surface area contributed by atoms with Gasteiger partial charge in [-0.15, -0.1) is 17.8 Å². The van der Waals surface area contributed by atoms with Crippen molar-refractivity contribution in [2.24, 2.45) is 0 Å². The highest BCUT2D eigenvalue weighted by Gasteiger charge is 2.13. The molecule has 0 saturated carbocycles. The number of pyridine rings is 1. The zero-order valence-electron chi connectivity index (χ0n) is 9.85. The first-order chi connectivity index (χ1) is 9.20. The van der Waals surface area contributed by atoms with Crippen molar-refractivity contribution in [3.8, 4) is 23.5 Å². The number of hydrogen-bond donors (Lipinski definition) is 1. The molecule has 0 amide bonds. The lowest BCUT2D eigenvalue weighted by Crippen LogP contribution is -1.88. The Morgan fingerprint density at radius 1 is 1.32 bits per heavy atom. The van der Waals surface area contributed by atoms with Gasteiger partial charge in [0.2, 0.25) is 0 Å². The van der Waals surface area contributed by atoms with Crippen LogP contribution >= 0.6 is 22.9 Å². The van der Waals surface area contributed by atoms with Gasteiger partial charge in [0.25, 0.3) is 0 Å². The van der Waals surface area contributed by atoms with Crippen LogP contribution in [0.4, 0.5) is 5.69 Å². The molecule has 0 saturated heterocycles. The zero-order valence-corrected chi connectivity index (χ0v) is 11.4. The number of aromatic nitrogens is 1. The quantitative estimate of drug-likeness (QED) is 0.681. The number of terminal acetylenes is 1. The van der Waals surface area contributed by atoms with Gasteiger partial charge in [-0.3, -0.25) is 0 Å². The van der Waals surface area contributed by atoms with Crippen LogP contribution in [0.15, 0.2) is 36.5 Å². The molecule has 2 N–H and O–H groups in total. The molecule has 0 unspecified atom stereocenters. The zero-order chi connectivity index (χ0) is 13.4. The van der Waals surface area contributed by atoms with Crippen LogP contribution in [0, 0.1) is 12.3 Å². The molecule has 92 valence electrons. The van der Waals surface area contributed by atoms with Gasteiger partial charge >= 0.3 is 0 Å². The van der Waals surface area contributed by atoms with E-state index in [4.69, 9.17) is 23.8 Å². The summed E-state index contributed by atoms with van der Waals surface area (Å²) in [6.45, 7) is 0. The molecule has 4 heteroatoms. The minimum atomic E-state index is 0.616. The van der Waals surface area contributed by atoms with Gasteiger partial charge in [0, 0.05) is 16.6 Å². The number of halogens is 1. The number of nitrogens with two attached hydrogens (primary N) is 1. The number of hydrogen-bond acceptors (Lipinski definition) is 3. The van der Waals surface area contributed by atoms with Crippen LogP contribution in [0.1, 0.15) is 4.88 Å². The van der Waals surface area contributed by atoms with Crippen LogP contribution in [0.2, 0.25) is 5.02 Å². The highest BCUT2D eigenvalue weighted by Crippen LogP contribution is 2.38. The number of thiophene rings is 1. The summed E-state index contributed by atoms with van der Waals surface area (Å²) in [5.41, 5.74) is 8.75. The van der Waals surface area contributed by atoms with Crippen molar-refractivity contribution in [2.75, 3.05) is 5.73 Å². The maximum atomic E-state index is 6.12. The maximum absolute atomic E-state index is 6.12. The van der Waals surface area contributed by atoms with Gasteiger partial charge in [0.05, 0.1) is 5.69 Å². The summed E-state index contributed by atoms with van der Waals surface area (Å²) >= 11 is 7.47. The smallest absolute Gasteiger partial charge is 0.127 e. The fourth-order valence-electron chi connectivity index (χ4n) is 2.05. The molecule has 0 bridgehead atoms. The largest absolute Gasteiger partial charge is 0.396 e. The van der Waals surface area contributed by atoms with E-state index in [9.17, 15) is 0 Å². The van der Waals surface area contributed by atoms with Gasteiger partial charge in [-0.05, 0) is 29.3 Å². The number of rotatable bonds is 1. The van der Waals surface area contributed by atoms with Crippen LogP contribution in [0.3, 0.4) is 0 Å². The minimum Gasteiger partial charge on any atom is -0.396 e. The molecule has 0 aliphatic carbocycles. The van der Waals surface area contributed by atoms with Gasteiger partial charge in [-0.25, -0.2) is 4.98 Å². The SMILES string of the molecule is C#Cc1sc2nccc(-c3cccc(Cl)c3)c2c1N. The normalized spacial score (nSPS) is 10.5. The molecular weight excluding hydrogens is 276 g/mol. The summed E-state index contributed by atoms with van der Waals surface area (Å²) < 4.78 is 0. The van der Waals surface area contributed by atoms with E-state index in [1.807, 2.05) is 30.3 Å². The fraction of sp³-hybridized carbons (Fsp3) is 0. The highest BCUT2D eigenvalue weighted by atomic mass is 35.5. The molecule has 0 aliphatic heterocycles. The predicted octanol–water partition coefficient (Wildman–Crippen LogP) is 4.18. The van der Waals surface area contributed by atoms with Crippen molar-refractivity contribution >= 4 is 38.8 Å². The van der Waals surface area contributed by atoms with E-state index in [1.54, 1.807) is 6.20 Å². The number of nitrogen functional groups attached to an aromatic ring is 1. The molecule has 0 radical (unpaired) electrons. The first kappa shape index (κ1) is 12.0. The second kappa shape index (κ2) is 4.58. The Hall–Kier alpha value is -2.02. The van der Waals surface area contributed by atoms with Gasteiger partial charge in [0.1, 0.15) is 9.71 Å². The Morgan fingerprint density at radius 2 is 2.16 bits per heavy atom. The molecule has 1 aromatic carbocycles. The summed E-state index contributed by atoms with van der Waals surface area (Å²) in [4.78, 5) is 5.90. The molecule has 19 heavy (non-hydrogen) atoms. The highest BCUT2D eigenvalue weighted by molar-refractivity contribution is 7.20. The average molecular weight is 285 g/mol. The molecule has 3 rings (SSSR count). The third-order valence-corrected chi connectivity index (χ3v) is 4.18. The number of nitrogens with zero attached hydrogens (tertiary/aromatic N) is 1. The third kappa shape index (κ3) is 1.95. The number of anilines is 1. The average Bonchev–Trinajstić information content (AvgIpc) is 2.75. The van der Waals surface area contributed by atoms with Crippen molar-refractivity contribution in [3.63, 3.8) is 0 Å². The second-order valence-electron chi connectivity index (χ2n) is 4.04. The summed E-state index contributed by atoms with van der Waals surface area (Å²) in [6.07, 6.45) is 7.22. The summed E-state index contributed by atoms with van der Waals surface area (Å²) in [6, 6.07) is 9.58. The first-order valence-corrected chi connectivity index (χ1v) is 6.79. The fourth-order valence-corrected chi connectivity index (χ4v) is 3.14. The predicted molar refractivity (Wildman–Crippen MR) is 82.4 cm³/mol. The monoisotopic (exact) mass is 284 g/mol. The molecule has 2 nitrogen and oxygen atoms in total. The topological polar surface area (TPSA) is 38.9 Å². The van der Waals surface area contributed by atoms with Crippen molar-refractivity contribution in [2.45, 2.75) is 0 Å². The second-order valence-corrected chi connectivity index (χ2v) is 5.47. The Balaban J connectivity index is 2.36. The van der Waals surface area contributed by atoms with E-state index in [-0.39, 0.29) is 0 Å². The van der Waals surface area contributed by atoms with Crippen molar-refractivity contribution in [1.29, 1.82) is 0 Å². The van der Waals surface area contributed by atoms with E-state index < -0.39 is 0 Å². The minimum absolute atomic E-state index is 0.616. The Kier molecular flexibility index (Phi) is 2.90.